The molecule has 24 heavy (non-hydrogen) atoms. The number of rotatable bonds is 3. The molecule has 126 valence electrons. The van der Waals surface area contributed by atoms with Crippen molar-refractivity contribution in [2.75, 3.05) is 28.6 Å². The highest BCUT2D eigenvalue weighted by molar-refractivity contribution is 6.31. The van der Waals surface area contributed by atoms with E-state index in [0.29, 0.717) is 10.7 Å². The van der Waals surface area contributed by atoms with Crippen molar-refractivity contribution < 1.29 is 4.79 Å². The Morgan fingerprint density at radius 3 is 2.42 bits per heavy atom. The van der Waals surface area contributed by atoms with E-state index in [-0.39, 0.29) is 6.03 Å². The monoisotopic (exact) mass is 343 g/mol. The van der Waals surface area contributed by atoms with Gasteiger partial charge in [0.25, 0.3) is 0 Å². The molecule has 2 aromatic rings. The van der Waals surface area contributed by atoms with Crippen LogP contribution in [0.4, 0.5) is 21.9 Å². The number of anilines is 3. The van der Waals surface area contributed by atoms with Crippen LogP contribution in [-0.2, 0) is 0 Å². The summed E-state index contributed by atoms with van der Waals surface area (Å²) < 4.78 is 0. The second-order valence-electron chi connectivity index (χ2n) is 6.13. The Morgan fingerprint density at radius 2 is 1.71 bits per heavy atom. The van der Waals surface area contributed by atoms with Crippen LogP contribution >= 0.6 is 11.6 Å². The molecule has 1 aliphatic rings. The molecule has 1 fully saturated rings. The summed E-state index contributed by atoms with van der Waals surface area (Å²) in [7, 11) is 0. The zero-order valence-electron chi connectivity index (χ0n) is 13.8. The predicted molar refractivity (Wildman–Crippen MR) is 101 cm³/mol. The van der Waals surface area contributed by atoms with Crippen LogP contribution < -0.4 is 15.5 Å². The molecule has 1 aliphatic heterocycles. The molecule has 0 aliphatic carbocycles. The van der Waals surface area contributed by atoms with E-state index in [9.17, 15) is 4.79 Å². The van der Waals surface area contributed by atoms with Crippen molar-refractivity contribution in [1.29, 1.82) is 0 Å². The summed E-state index contributed by atoms with van der Waals surface area (Å²) in [5.74, 6) is 0. The average molecular weight is 344 g/mol. The first-order chi connectivity index (χ1) is 11.6. The lowest BCUT2D eigenvalue weighted by atomic mass is 10.1. The van der Waals surface area contributed by atoms with E-state index < -0.39 is 0 Å². The van der Waals surface area contributed by atoms with Crippen molar-refractivity contribution >= 4 is 34.7 Å². The van der Waals surface area contributed by atoms with E-state index in [4.69, 9.17) is 11.6 Å². The predicted octanol–water partition coefficient (Wildman–Crippen LogP) is 5.28. The lowest BCUT2D eigenvalue weighted by Crippen LogP contribution is -2.29. The molecule has 0 spiro atoms. The number of benzene rings is 2. The highest BCUT2D eigenvalue weighted by atomic mass is 35.5. The number of amides is 2. The Balaban J connectivity index is 1.61. The van der Waals surface area contributed by atoms with Crippen molar-refractivity contribution in [1.82, 2.24) is 0 Å². The number of carbonyl (C=O) groups is 1. The maximum Gasteiger partial charge on any atom is 0.323 e. The molecule has 0 saturated carbocycles. The number of halogens is 1. The highest BCUT2D eigenvalue weighted by Gasteiger charge is 2.11. The van der Waals surface area contributed by atoms with Crippen molar-refractivity contribution in [2.45, 2.75) is 26.2 Å². The summed E-state index contributed by atoms with van der Waals surface area (Å²) in [5, 5.41) is 6.29. The molecule has 0 atom stereocenters. The number of nitrogens with zero attached hydrogens (tertiary/aromatic N) is 1. The Labute approximate surface area is 147 Å². The van der Waals surface area contributed by atoms with Crippen LogP contribution in [-0.4, -0.2) is 19.1 Å². The first-order valence-electron chi connectivity index (χ1n) is 8.31. The fourth-order valence-electron chi connectivity index (χ4n) is 2.92. The molecular formula is C19H22ClN3O. The van der Waals surface area contributed by atoms with Crippen LogP contribution in [0.15, 0.2) is 42.5 Å². The molecule has 3 rings (SSSR count). The van der Waals surface area contributed by atoms with Crippen LogP contribution in [0.25, 0.3) is 0 Å². The fraction of sp³-hybridized carbons (Fsp3) is 0.316. The molecule has 0 aromatic heterocycles. The first kappa shape index (κ1) is 16.7. The van der Waals surface area contributed by atoms with Crippen LogP contribution in [0, 0.1) is 6.92 Å². The number of carbonyl (C=O) groups excluding carboxylic acids is 1. The summed E-state index contributed by atoms with van der Waals surface area (Å²) in [4.78, 5) is 14.5. The van der Waals surface area contributed by atoms with Gasteiger partial charge in [0.15, 0.2) is 0 Å². The second-order valence-corrected chi connectivity index (χ2v) is 6.57. The minimum atomic E-state index is -0.272. The summed E-state index contributed by atoms with van der Waals surface area (Å²) in [5.41, 5.74) is 3.67. The van der Waals surface area contributed by atoms with E-state index in [2.05, 4.69) is 27.7 Å². The molecule has 2 amide bonds. The molecule has 1 heterocycles. The van der Waals surface area contributed by atoms with Crippen LogP contribution in [0.2, 0.25) is 5.02 Å². The van der Waals surface area contributed by atoms with Gasteiger partial charge in [0.05, 0.1) is 0 Å². The highest BCUT2D eigenvalue weighted by Crippen LogP contribution is 2.23. The number of urea groups is 1. The quantitative estimate of drug-likeness (QED) is 0.796. The SMILES string of the molecule is Cc1ccc(Cl)cc1NC(=O)Nc1ccc(N2CCCCC2)cc1. The van der Waals surface area contributed by atoms with Crippen LogP contribution in [0.5, 0.6) is 0 Å². The maximum absolute atomic E-state index is 12.2. The number of nitrogens with one attached hydrogen (secondary N) is 2. The Bertz CT molecular complexity index is 709. The largest absolute Gasteiger partial charge is 0.372 e. The van der Waals surface area contributed by atoms with Crippen molar-refractivity contribution in [2.24, 2.45) is 0 Å². The van der Waals surface area contributed by atoms with Gasteiger partial charge in [-0.2, -0.15) is 0 Å². The third-order valence-electron chi connectivity index (χ3n) is 4.29. The van der Waals surface area contributed by atoms with Crippen molar-refractivity contribution in [3.8, 4) is 0 Å². The normalized spacial score (nSPS) is 14.3. The van der Waals surface area contributed by atoms with E-state index >= 15 is 0 Å². The molecule has 1 saturated heterocycles. The van der Waals surface area contributed by atoms with Gasteiger partial charge in [-0.15, -0.1) is 0 Å². The van der Waals surface area contributed by atoms with Gasteiger partial charge < -0.3 is 15.5 Å². The second kappa shape index (κ2) is 7.58. The Morgan fingerprint density at radius 1 is 1.00 bits per heavy atom. The number of piperidine rings is 1. The van der Waals surface area contributed by atoms with Crippen molar-refractivity contribution in [3.05, 3.63) is 53.1 Å². The van der Waals surface area contributed by atoms with E-state index in [1.54, 1.807) is 12.1 Å². The summed E-state index contributed by atoms with van der Waals surface area (Å²) in [6.07, 6.45) is 3.82. The smallest absolute Gasteiger partial charge is 0.323 e. The number of hydrogen-bond donors (Lipinski definition) is 2. The molecule has 4 nitrogen and oxygen atoms in total. The van der Waals surface area contributed by atoms with Crippen molar-refractivity contribution in [3.63, 3.8) is 0 Å². The third kappa shape index (κ3) is 4.20. The topological polar surface area (TPSA) is 44.4 Å². The Kier molecular flexibility index (Phi) is 5.26. The Hall–Kier alpha value is -2.20. The van der Waals surface area contributed by atoms with Gasteiger partial charge in [0.2, 0.25) is 0 Å². The van der Waals surface area contributed by atoms with E-state index in [0.717, 1.165) is 24.3 Å². The molecule has 0 unspecified atom stereocenters. The molecule has 5 heteroatoms. The molecule has 0 radical (unpaired) electrons. The third-order valence-corrected chi connectivity index (χ3v) is 4.53. The summed E-state index contributed by atoms with van der Waals surface area (Å²) in [6.45, 7) is 4.15. The van der Waals surface area contributed by atoms with E-state index in [1.165, 1.54) is 24.9 Å². The molecular weight excluding hydrogens is 322 g/mol. The van der Waals surface area contributed by atoms with Gasteiger partial charge in [0.1, 0.15) is 0 Å². The lowest BCUT2D eigenvalue weighted by Gasteiger charge is -2.28. The van der Waals surface area contributed by atoms with Crippen LogP contribution in [0.3, 0.4) is 0 Å². The van der Waals surface area contributed by atoms with Gasteiger partial charge in [-0.1, -0.05) is 17.7 Å². The van der Waals surface area contributed by atoms with Gasteiger partial charge in [0, 0.05) is 35.2 Å². The zero-order valence-corrected chi connectivity index (χ0v) is 14.6. The molecule has 0 bridgehead atoms. The lowest BCUT2D eigenvalue weighted by molar-refractivity contribution is 0.262. The minimum absolute atomic E-state index is 0.272. The van der Waals surface area contributed by atoms with Gasteiger partial charge in [-0.25, -0.2) is 4.79 Å². The number of aryl methyl sites for hydroxylation is 1. The van der Waals surface area contributed by atoms with E-state index in [1.807, 2.05) is 25.1 Å². The average Bonchev–Trinajstić information content (AvgIpc) is 2.59. The van der Waals surface area contributed by atoms with Gasteiger partial charge >= 0.3 is 6.03 Å². The minimum Gasteiger partial charge on any atom is -0.372 e. The van der Waals surface area contributed by atoms with Gasteiger partial charge in [-0.3, -0.25) is 0 Å². The van der Waals surface area contributed by atoms with Crippen LogP contribution in [0.1, 0.15) is 24.8 Å². The number of hydrogen-bond acceptors (Lipinski definition) is 2. The molecule has 2 N–H and O–H groups in total. The maximum atomic E-state index is 12.2. The zero-order chi connectivity index (χ0) is 16.9. The summed E-state index contributed by atoms with van der Waals surface area (Å²) >= 11 is 5.98. The summed E-state index contributed by atoms with van der Waals surface area (Å²) in [6, 6.07) is 13.2. The first-order valence-corrected chi connectivity index (χ1v) is 8.69. The molecule has 2 aromatic carbocycles. The fourth-order valence-corrected chi connectivity index (χ4v) is 3.09. The standard InChI is InChI=1S/C19H22ClN3O/c1-14-5-6-15(20)13-18(14)22-19(24)21-16-7-9-17(10-8-16)23-11-3-2-4-12-23/h5-10,13H,2-4,11-12H2,1H3,(H2,21,22,24). The van der Waals surface area contributed by atoms with Gasteiger partial charge in [-0.05, 0) is 68.1 Å².